The molecule has 1 aliphatic heterocycles. The Labute approximate surface area is 121 Å². The maximum Gasteiger partial charge on any atom is 0.508 e. The van der Waals surface area contributed by atoms with Crippen molar-refractivity contribution in [2.75, 3.05) is 13.2 Å². The van der Waals surface area contributed by atoms with Crippen molar-refractivity contribution in [1.82, 2.24) is 0 Å². The third kappa shape index (κ3) is 5.49. The third-order valence-corrected chi connectivity index (χ3v) is 3.59. The van der Waals surface area contributed by atoms with Gasteiger partial charge in [0.05, 0.1) is 18.8 Å². The number of hydrogen-bond donors (Lipinski definition) is 0. The normalized spacial score (nSPS) is 27.9. The summed E-state index contributed by atoms with van der Waals surface area (Å²) in [5.74, 6) is 0.464. The van der Waals surface area contributed by atoms with Crippen molar-refractivity contribution in [2.24, 2.45) is 17.8 Å². The highest BCUT2D eigenvalue weighted by atomic mass is 16.7. The van der Waals surface area contributed by atoms with Crippen molar-refractivity contribution in [3.8, 4) is 0 Å². The second kappa shape index (κ2) is 8.25. The van der Waals surface area contributed by atoms with E-state index in [1.807, 2.05) is 20.8 Å². The monoisotopic (exact) mass is 286 g/mol. The molecular formula is C15H26O5. The summed E-state index contributed by atoms with van der Waals surface area (Å²) < 4.78 is 15.9. The molecule has 5 nitrogen and oxygen atoms in total. The van der Waals surface area contributed by atoms with Gasteiger partial charge in [0.1, 0.15) is 12.9 Å². The first-order valence-corrected chi connectivity index (χ1v) is 7.34. The molecule has 1 fully saturated rings. The largest absolute Gasteiger partial charge is 0.508 e. The number of rotatable bonds is 6. The Morgan fingerprint density at radius 1 is 1.30 bits per heavy atom. The number of carbonyl (C=O) groups is 2. The molecule has 0 aromatic rings. The Morgan fingerprint density at radius 3 is 2.60 bits per heavy atom. The molecule has 1 saturated heterocycles. The van der Waals surface area contributed by atoms with Gasteiger partial charge >= 0.3 is 6.16 Å². The number of aldehydes is 1. The Balaban J connectivity index is 2.36. The summed E-state index contributed by atoms with van der Waals surface area (Å²) in [5, 5.41) is 0. The second-order valence-electron chi connectivity index (χ2n) is 6.03. The van der Waals surface area contributed by atoms with Crippen LogP contribution < -0.4 is 0 Å². The Kier molecular flexibility index (Phi) is 6.99. The van der Waals surface area contributed by atoms with E-state index in [0.29, 0.717) is 12.5 Å². The van der Waals surface area contributed by atoms with E-state index < -0.39 is 6.16 Å². The fourth-order valence-corrected chi connectivity index (χ4v) is 2.14. The Hall–Kier alpha value is -1.10. The standard InChI is InChI=1S/C15H26O5/c1-10(2)8-18-15(17)19-9-14-11(3)5-6-13(20-14)12(4)7-16/h7,10-14H,5-6,8-9H2,1-4H3/t11-,12+,13-,14+/m0/s1. The lowest BCUT2D eigenvalue weighted by molar-refractivity contribution is -0.135. The summed E-state index contributed by atoms with van der Waals surface area (Å²) >= 11 is 0. The fraction of sp³-hybridized carbons (Fsp3) is 0.867. The molecule has 0 saturated carbocycles. The molecule has 0 aliphatic carbocycles. The van der Waals surface area contributed by atoms with Crippen LogP contribution in [-0.2, 0) is 19.0 Å². The van der Waals surface area contributed by atoms with Gasteiger partial charge in [-0.05, 0) is 24.7 Å². The van der Waals surface area contributed by atoms with Crippen molar-refractivity contribution in [3.05, 3.63) is 0 Å². The first-order valence-electron chi connectivity index (χ1n) is 7.34. The van der Waals surface area contributed by atoms with E-state index >= 15 is 0 Å². The van der Waals surface area contributed by atoms with Gasteiger partial charge < -0.3 is 19.0 Å². The average molecular weight is 286 g/mol. The van der Waals surface area contributed by atoms with Crippen LogP contribution in [0.15, 0.2) is 0 Å². The number of hydrogen-bond acceptors (Lipinski definition) is 5. The maximum absolute atomic E-state index is 11.4. The second-order valence-corrected chi connectivity index (χ2v) is 6.03. The van der Waals surface area contributed by atoms with E-state index in [0.717, 1.165) is 19.1 Å². The minimum absolute atomic E-state index is 0.0796. The van der Waals surface area contributed by atoms with E-state index in [4.69, 9.17) is 14.2 Å². The van der Waals surface area contributed by atoms with Crippen LogP contribution in [-0.4, -0.2) is 37.9 Å². The van der Waals surface area contributed by atoms with Gasteiger partial charge in [-0.1, -0.05) is 27.7 Å². The minimum atomic E-state index is -0.653. The molecule has 0 bridgehead atoms. The van der Waals surface area contributed by atoms with Crippen molar-refractivity contribution in [2.45, 2.75) is 52.7 Å². The molecule has 1 aliphatic rings. The highest BCUT2D eigenvalue weighted by molar-refractivity contribution is 5.59. The summed E-state index contributed by atoms with van der Waals surface area (Å²) in [6.07, 6.45) is 1.86. The van der Waals surface area contributed by atoms with Gasteiger partial charge in [-0.2, -0.15) is 0 Å². The molecule has 0 radical (unpaired) electrons. The summed E-state index contributed by atoms with van der Waals surface area (Å²) in [4.78, 5) is 22.2. The molecule has 4 atom stereocenters. The van der Waals surface area contributed by atoms with Gasteiger partial charge in [0, 0.05) is 5.92 Å². The third-order valence-electron chi connectivity index (χ3n) is 3.59. The molecule has 0 amide bonds. The van der Waals surface area contributed by atoms with Gasteiger partial charge in [0.15, 0.2) is 0 Å². The zero-order chi connectivity index (χ0) is 15.1. The van der Waals surface area contributed by atoms with Crippen LogP contribution >= 0.6 is 0 Å². The minimum Gasteiger partial charge on any atom is -0.434 e. The zero-order valence-corrected chi connectivity index (χ0v) is 12.8. The highest BCUT2D eigenvalue weighted by Crippen LogP contribution is 2.28. The summed E-state index contributed by atoms with van der Waals surface area (Å²) in [5.41, 5.74) is 0. The van der Waals surface area contributed by atoms with Crippen LogP contribution in [0.2, 0.25) is 0 Å². The molecule has 116 valence electrons. The van der Waals surface area contributed by atoms with Gasteiger partial charge in [0.2, 0.25) is 0 Å². The smallest absolute Gasteiger partial charge is 0.434 e. The lowest BCUT2D eigenvalue weighted by atomic mass is 9.89. The predicted octanol–water partition coefficient (Wildman–Crippen LogP) is 2.81. The van der Waals surface area contributed by atoms with Gasteiger partial charge in [0.25, 0.3) is 0 Å². The molecule has 1 heterocycles. The van der Waals surface area contributed by atoms with Crippen molar-refractivity contribution < 1.29 is 23.8 Å². The lowest BCUT2D eigenvalue weighted by Crippen LogP contribution is -2.40. The molecule has 20 heavy (non-hydrogen) atoms. The summed E-state index contributed by atoms with van der Waals surface area (Å²) in [6, 6.07) is 0. The zero-order valence-electron chi connectivity index (χ0n) is 12.8. The van der Waals surface area contributed by atoms with Crippen LogP contribution in [0, 0.1) is 17.8 Å². The van der Waals surface area contributed by atoms with Gasteiger partial charge in [-0.3, -0.25) is 0 Å². The molecule has 0 spiro atoms. The van der Waals surface area contributed by atoms with Crippen LogP contribution in [0.25, 0.3) is 0 Å². The van der Waals surface area contributed by atoms with E-state index in [1.54, 1.807) is 0 Å². The van der Waals surface area contributed by atoms with Crippen LogP contribution in [0.5, 0.6) is 0 Å². The molecule has 1 rings (SSSR count). The topological polar surface area (TPSA) is 61.8 Å². The van der Waals surface area contributed by atoms with Crippen LogP contribution in [0.1, 0.15) is 40.5 Å². The molecule has 0 N–H and O–H groups in total. The van der Waals surface area contributed by atoms with E-state index in [-0.39, 0.29) is 30.7 Å². The lowest BCUT2D eigenvalue weighted by Gasteiger charge is -2.35. The molecule has 0 aromatic carbocycles. The molecular weight excluding hydrogens is 260 g/mol. The average Bonchev–Trinajstić information content (AvgIpc) is 2.43. The van der Waals surface area contributed by atoms with E-state index in [1.165, 1.54) is 0 Å². The Bertz CT molecular complexity index is 315. The fourth-order valence-electron chi connectivity index (χ4n) is 2.14. The first-order chi connectivity index (χ1) is 9.43. The van der Waals surface area contributed by atoms with Crippen molar-refractivity contribution >= 4 is 12.4 Å². The van der Waals surface area contributed by atoms with E-state index in [2.05, 4.69) is 6.92 Å². The molecule has 0 unspecified atom stereocenters. The maximum atomic E-state index is 11.4. The number of carbonyl (C=O) groups excluding carboxylic acids is 2. The highest BCUT2D eigenvalue weighted by Gasteiger charge is 2.32. The molecule has 5 heteroatoms. The van der Waals surface area contributed by atoms with Gasteiger partial charge in [-0.25, -0.2) is 4.79 Å². The van der Waals surface area contributed by atoms with E-state index in [9.17, 15) is 9.59 Å². The number of ether oxygens (including phenoxy) is 3. The predicted molar refractivity (Wildman–Crippen MR) is 74.4 cm³/mol. The van der Waals surface area contributed by atoms with Crippen molar-refractivity contribution in [3.63, 3.8) is 0 Å². The van der Waals surface area contributed by atoms with Crippen LogP contribution in [0.4, 0.5) is 4.79 Å². The SMILES string of the molecule is CC(C)COC(=O)OC[C@H]1O[C@H]([C@H](C)C=O)CC[C@@H]1C. The summed E-state index contributed by atoms with van der Waals surface area (Å²) in [7, 11) is 0. The molecule has 0 aromatic heterocycles. The summed E-state index contributed by atoms with van der Waals surface area (Å²) in [6.45, 7) is 8.37. The van der Waals surface area contributed by atoms with Crippen molar-refractivity contribution in [1.29, 1.82) is 0 Å². The Morgan fingerprint density at radius 2 is 2.00 bits per heavy atom. The quantitative estimate of drug-likeness (QED) is 0.555. The first kappa shape index (κ1) is 17.0. The van der Waals surface area contributed by atoms with Crippen LogP contribution in [0.3, 0.4) is 0 Å². The van der Waals surface area contributed by atoms with Gasteiger partial charge in [-0.15, -0.1) is 0 Å².